The molecule has 25 heavy (non-hydrogen) atoms. The highest BCUT2D eigenvalue weighted by Crippen LogP contribution is 2.36. The van der Waals surface area contributed by atoms with E-state index in [1.165, 1.54) is 0 Å². The Bertz CT molecular complexity index is 785. The zero-order valence-corrected chi connectivity index (χ0v) is 14.5. The molecule has 0 radical (unpaired) electrons. The van der Waals surface area contributed by atoms with E-state index in [1.807, 2.05) is 30.3 Å². The van der Waals surface area contributed by atoms with Gasteiger partial charge in [0, 0.05) is 24.7 Å². The van der Waals surface area contributed by atoms with E-state index in [0.29, 0.717) is 25.1 Å². The fourth-order valence-corrected chi connectivity index (χ4v) is 3.44. The third-order valence-electron chi connectivity index (χ3n) is 4.64. The molecule has 130 valence electrons. The van der Waals surface area contributed by atoms with Gasteiger partial charge in [0.1, 0.15) is 11.5 Å². The lowest BCUT2D eigenvalue weighted by atomic mass is 10.0. The monoisotopic (exact) mass is 338 g/mol. The standard InChI is InChI=1S/C20H22N2O3/c1-24-18-5-3-4-15(9-18)19-10-17(23)13-22(19)12-16-8-14(11-21)6-7-20(16)25-2/h3-9,17,19,23H,10,12-13H2,1-2H3/t17-,19+/m1/s1. The van der Waals surface area contributed by atoms with E-state index in [9.17, 15) is 5.11 Å². The molecule has 5 nitrogen and oxygen atoms in total. The number of hydrogen-bond acceptors (Lipinski definition) is 5. The van der Waals surface area contributed by atoms with Gasteiger partial charge in [0.15, 0.2) is 0 Å². The van der Waals surface area contributed by atoms with Crippen molar-refractivity contribution in [1.29, 1.82) is 5.26 Å². The van der Waals surface area contributed by atoms with Gasteiger partial charge in [0.2, 0.25) is 0 Å². The van der Waals surface area contributed by atoms with Crippen LogP contribution in [0.5, 0.6) is 11.5 Å². The van der Waals surface area contributed by atoms with E-state index in [-0.39, 0.29) is 12.1 Å². The number of nitriles is 1. The van der Waals surface area contributed by atoms with Crippen molar-refractivity contribution in [3.8, 4) is 17.6 Å². The largest absolute Gasteiger partial charge is 0.497 e. The molecule has 0 saturated carbocycles. The number of hydrogen-bond donors (Lipinski definition) is 1. The summed E-state index contributed by atoms with van der Waals surface area (Å²) in [5.41, 5.74) is 2.67. The number of aliphatic hydroxyl groups is 1. The minimum atomic E-state index is -0.374. The number of methoxy groups -OCH3 is 2. The Morgan fingerprint density at radius 1 is 1.20 bits per heavy atom. The van der Waals surface area contributed by atoms with Crippen molar-refractivity contribution in [1.82, 2.24) is 4.90 Å². The van der Waals surface area contributed by atoms with Gasteiger partial charge >= 0.3 is 0 Å². The van der Waals surface area contributed by atoms with Crippen LogP contribution in [0, 0.1) is 11.3 Å². The number of ether oxygens (including phenoxy) is 2. The minimum Gasteiger partial charge on any atom is -0.497 e. The van der Waals surface area contributed by atoms with Crippen molar-refractivity contribution in [2.45, 2.75) is 25.1 Å². The smallest absolute Gasteiger partial charge is 0.123 e. The van der Waals surface area contributed by atoms with Gasteiger partial charge in [-0.15, -0.1) is 0 Å². The summed E-state index contributed by atoms with van der Waals surface area (Å²) >= 11 is 0. The zero-order chi connectivity index (χ0) is 17.8. The predicted molar refractivity (Wildman–Crippen MR) is 94.5 cm³/mol. The molecular formula is C20H22N2O3. The van der Waals surface area contributed by atoms with Crippen LogP contribution in [0.2, 0.25) is 0 Å². The molecule has 2 aromatic carbocycles. The zero-order valence-electron chi connectivity index (χ0n) is 14.5. The number of nitrogens with zero attached hydrogens (tertiary/aromatic N) is 2. The Morgan fingerprint density at radius 2 is 2.04 bits per heavy atom. The Morgan fingerprint density at radius 3 is 2.76 bits per heavy atom. The third-order valence-corrected chi connectivity index (χ3v) is 4.64. The fraction of sp³-hybridized carbons (Fsp3) is 0.350. The number of aliphatic hydroxyl groups excluding tert-OH is 1. The molecular weight excluding hydrogens is 316 g/mol. The normalized spacial score (nSPS) is 20.2. The summed E-state index contributed by atoms with van der Waals surface area (Å²) < 4.78 is 10.8. The summed E-state index contributed by atoms with van der Waals surface area (Å²) in [6, 6.07) is 15.6. The van der Waals surface area contributed by atoms with Gasteiger partial charge in [-0.1, -0.05) is 12.1 Å². The molecule has 1 aliphatic rings. The maximum absolute atomic E-state index is 10.2. The SMILES string of the molecule is COc1cccc([C@@H]2C[C@@H](O)CN2Cc2cc(C#N)ccc2OC)c1. The molecule has 3 rings (SSSR count). The number of β-amino-alcohol motifs (C(OH)–C–C–N with tert-alkyl or cyclic N) is 1. The first-order valence-corrected chi connectivity index (χ1v) is 8.27. The quantitative estimate of drug-likeness (QED) is 0.908. The van der Waals surface area contributed by atoms with Crippen molar-refractivity contribution >= 4 is 0 Å². The number of likely N-dealkylation sites (tertiary alicyclic amines) is 1. The lowest BCUT2D eigenvalue weighted by molar-refractivity contribution is 0.172. The van der Waals surface area contributed by atoms with Crippen LogP contribution in [0.25, 0.3) is 0 Å². The Hall–Kier alpha value is -2.55. The lowest BCUT2D eigenvalue weighted by Crippen LogP contribution is -2.24. The van der Waals surface area contributed by atoms with Crippen molar-refractivity contribution in [2.75, 3.05) is 20.8 Å². The molecule has 0 amide bonds. The molecule has 0 bridgehead atoms. The van der Waals surface area contributed by atoms with Crippen molar-refractivity contribution in [2.24, 2.45) is 0 Å². The van der Waals surface area contributed by atoms with Gasteiger partial charge in [-0.3, -0.25) is 4.90 Å². The van der Waals surface area contributed by atoms with Gasteiger partial charge in [-0.2, -0.15) is 5.26 Å². The second-order valence-electron chi connectivity index (χ2n) is 6.25. The fourth-order valence-electron chi connectivity index (χ4n) is 3.44. The highest BCUT2D eigenvalue weighted by molar-refractivity contribution is 5.42. The van der Waals surface area contributed by atoms with Crippen LogP contribution in [-0.2, 0) is 6.54 Å². The van der Waals surface area contributed by atoms with Crippen molar-refractivity contribution < 1.29 is 14.6 Å². The van der Waals surface area contributed by atoms with Gasteiger partial charge < -0.3 is 14.6 Å². The molecule has 2 atom stereocenters. The molecule has 0 aromatic heterocycles. The minimum absolute atomic E-state index is 0.0977. The van der Waals surface area contributed by atoms with Gasteiger partial charge in [0.25, 0.3) is 0 Å². The van der Waals surface area contributed by atoms with Gasteiger partial charge in [-0.05, 0) is 42.3 Å². The molecule has 1 aliphatic heterocycles. The van der Waals surface area contributed by atoms with Crippen molar-refractivity contribution in [3.05, 3.63) is 59.2 Å². The first-order valence-electron chi connectivity index (χ1n) is 8.27. The van der Waals surface area contributed by atoms with E-state index in [1.54, 1.807) is 20.3 Å². The maximum atomic E-state index is 10.2. The Balaban J connectivity index is 1.89. The lowest BCUT2D eigenvalue weighted by Gasteiger charge is -2.25. The summed E-state index contributed by atoms with van der Waals surface area (Å²) in [5, 5.41) is 19.4. The number of benzene rings is 2. The van der Waals surface area contributed by atoms with E-state index in [2.05, 4.69) is 17.0 Å². The van der Waals surface area contributed by atoms with E-state index < -0.39 is 0 Å². The second kappa shape index (κ2) is 7.56. The first kappa shape index (κ1) is 17.3. The summed E-state index contributed by atoms with van der Waals surface area (Å²) in [6.07, 6.45) is 0.300. The van der Waals surface area contributed by atoms with Gasteiger partial charge in [-0.25, -0.2) is 0 Å². The summed E-state index contributed by atoms with van der Waals surface area (Å²) in [4.78, 5) is 2.22. The second-order valence-corrected chi connectivity index (χ2v) is 6.25. The van der Waals surface area contributed by atoms with Crippen LogP contribution in [-0.4, -0.2) is 36.9 Å². The van der Waals surface area contributed by atoms with Crippen LogP contribution in [0.1, 0.15) is 29.2 Å². The highest BCUT2D eigenvalue weighted by atomic mass is 16.5. The average Bonchev–Trinajstić information content (AvgIpc) is 3.02. The van der Waals surface area contributed by atoms with E-state index in [0.717, 1.165) is 22.6 Å². The molecule has 0 aliphatic carbocycles. The van der Waals surface area contributed by atoms with Crippen LogP contribution in [0.4, 0.5) is 0 Å². The first-order chi connectivity index (χ1) is 12.1. The van der Waals surface area contributed by atoms with Gasteiger partial charge in [0.05, 0.1) is 32.0 Å². The molecule has 0 spiro atoms. The predicted octanol–water partition coefficient (Wildman–Crippen LogP) is 2.88. The summed E-state index contributed by atoms with van der Waals surface area (Å²) in [6.45, 7) is 1.19. The molecule has 0 unspecified atom stereocenters. The third kappa shape index (κ3) is 3.76. The van der Waals surface area contributed by atoms with Crippen LogP contribution in [0.3, 0.4) is 0 Å². The molecule has 1 N–H and O–H groups in total. The molecule has 1 saturated heterocycles. The Labute approximate surface area is 148 Å². The molecule has 1 heterocycles. The topological polar surface area (TPSA) is 65.7 Å². The average molecular weight is 338 g/mol. The van der Waals surface area contributed by atoms with Crippen molar-refractivity contribution in [3.63, 3.8) is 0 Å². The molecule has 2 aromatic rings. The van der Waals surface area contributed by atoms with E-state index in [4.69, 9.17) is 14.7 Å². The summed E-state index contributed by atoms with van der Waals surface area (Å²) in [7, 11) is 3.28. The van der Waals surface area contributed by atoms with Crippen LogP contribution < -0.4 is 9.47 Å². The summed E-state index contributed by atoms with van der Waals surface area (Å²) in [5.74, 6) is 1.56. The maximum Gasteiger partial charge on any atom is 0.123 e. The molecule has 5 heteroatoms. The number of rotatable bonds is 5. The highest BCUT2D eigenvalue weighted by Gasteiger charge is 2.32. The van der Waals surface area contributed by atoms with Crippen LogP contribution in [0.15, 0.2) is 42.5 Å². The Kier molecular flexibility index (Phi) is 5.22. The van der Waals surface area contributed by atoms with Crippen LogP contribution >= 0.6 is 0 Å². The van der Waals surface area contributed by atoms with E-state index >= 15 is 0 Å². The molecule has 1 fully saturated rings.